The van der Waals surface area contributed by atoms with Gasteiger partial charge in [-0.3, -0.25) is 9.48 Å². The number of carbonyl (C=O) groups excluding carboxylic acids is 1. The van der Waals surface area contributed by atoms with Gasteiger partial charge in [-0.05, 0) is 41.1 Å². The predicted octanol–water partition coefficient (Wildman–Crippen LogP) is 2.69. The standard InChI is InChI=1S/C14H12BrN5O/c1-8-10-6-9(7-16-13(10)20(2)19-8)17-14(21)11-4-3-5-12(15)18-11/h3-7H,1-2H3,(H,17,21). The maximum Gasteiger partial charge on any atom is 0.274 e. The number of hydrogen-bond acceptors (Lipinski definition) is 4. The Morgan fingerprint density at radius 3 is 2.95 bits per heavy atom. The summed E-state index contributed by atoms with van der Waals surface area (Å²) in [6, 6.07) is 7.05. The number of aromatic nitrogens is 4. The van der Waals surface area contributed by atoms with Gasteiger partial charge in [-0.1, -0.05) is 6.07 Å². The lowest BCUT2D eigenvalue weighted by molar-refractivity contribution is 0.102. The molecule has 1 N–H and O–H groups in total. The quantitative estimate of drug-likeness (QED) is 0.724. The van der Waals surface area contributed by atoms with Crippen LogP contribution in [-0.2, 0) is 7.05 Å². The van der Waals surface area contributed by atoms with Crippen LogP contribution in [0.2, 0.25) is 0 Å². The second-order valence-electron chi connectivity index (χ2n) is 4.60. The Labute approximate surface area is 129 Å². The van der Waals surface area contributed by atoms with Crippen LogP contribution < -0.4 is 5.32 Å². The molecule has 7 heteroatoms. The zero-order valence-corrected chi connectivity index (χ0v) is 13.0. The molecule has 0 radical (unpaired) electrons. The van der Waals surface area contributed by atoms with Crippen LogP contribution >= 0.6 is 15.9 Å². The molecule has 0 spiro atoms. The van der Waals surface area contributed by atoms with Crippen molar-refractivity contribution in [2.45, 2.75) is 6.92 Å². The van der Waals surface area contributed by atoms with E-state index in [1.165, 1.54) is 0 Å². The van der Waals surface area contributed by atoms with Gasteiger partial charge in [0.25, 0.3) is 5.91 Å². The lowest BCUT2D eigenvalue weighted by Crippen LogP contribution is -2.13. The van der Waals surface area contributed by atoms with Gasteiger partial charge < -0.3 is 5.32 Å². The van der Waals surface area contributed by atoms with Crippen LogP contribution in [-0.4, -0.2) is 25.7 Å². The average molecular weight is 346 g/mol. The van der Waals surface area contributed by atoms with E-state index >= 15 is 0 Å². The molecule has 0 bridgehead atoms. The van der Waals surface area contributed by atoms with Gasteiger partial charge in [-0.15, -0.1) is 0 Å². The Morgan fingerprint density at radius 2 is 2.19 bits per heavy atom. The lowest BCUT2D eigenvalue weighted by Gasteiger charge is -2.05. The molecule has 0 aliphatic rings. The Balaban J connectivity index is 1.91. The Bertz CT molecular complexity index is 842. The molecule has 3 rings (SSSR count). The molecule has 0 atom stereocenters. The summed E-state index contributed by atoms with van der Waals surface area (Å²) in [4.78, 5) is 20.6. The second kappa shape index (κ2) is 5.25. The molecule has 0 unspecified atom stereocenters. The molecular weight excluding hydrogens is 334 g/mol. The number of hydrogen-bond donors (Lipinski definition) is 1. The number of anilines is 1. The van der Waals surface area contributed by atoms with Crippen molar-refractivity contribution in [1.29, 1.82) is 0 Å². The van der Waals surface area contributed by atoms with E-state index in [1.54, 1.807) is 29.1 Å². The summed E-state index contributed by atoms with van der Waals surface area (Å²) < 4.78 is 2.33. The summed E-state index contributed by atoms with van der Waals surface area (Å²) in [5.41, 5.74) is 2.61. The summed E-state index contributed by atoms with van der Waals surface area (Å²) in [7, 11) is 1.84. The van der Waals surface area contributed by atoms with Crippen LogP contribution in [0.3, 0.4) is 0 Å². The minimum absolute atomic E-state index is 0.279. The summed E-state index contributed by atoms with van der Waals surface area (Å²) in [6.07, 6.45) is 1.61. The molecule has 3 aromatic heterocycles. The first-order valence-electron chi connectivity index (χ1n) is 6.28. The highest BCUT2D eigenvalue weighted by molar-refractivity contribution is 9.10. The largest absolute Gasteiger partial charge is 0.319 e. The highest BCUT2D eigenvalue weighted by atomic mass is 79.9. The minimum atomic E-state index is -0.279. The summed E-state index contributed by atoms with van der Waals surface area (Å²) in [5.74, 6) is -0.279. The van der Waals surface area contributed by atoms with E-state index in [0.717, 1.165) is 16.7 Å². The van der Waals surface area contributed by atoms with Crippen LogP contribution in [0.1, 0.15) is 16.2 Å². The van der Waals surface area contributed by atoms with E-state index in [4.69, 9.17) is 0 Å². The van der Waals surface area contributed by atoms with Crippen LogP contribution in [0.15, 0.2) is 35.1 Å². The molecule has 0 aliphatic carbocycles. The number of pyridine rings is 2. The van der Waals surface area contributed by atoms with Gasteiger partial charge in [-0.25, -0.2) is 9.97 Å². The van der Waals surface area contributed by atoms with Crippen LogP contribution in [0.25, 0.3) is 11.0 Å². The molecule has 0 aromatic carbocycles. The molecular formula is C14H12BrN5O. The molecule has 106 valence electrons. The molecule has 6 nitrogen and oxygen atoms in total. The smallest absolute Gasteiger partial charge is 0.274 e. The van der Waals surface area contributed by atoms with Gasteiger partial charge >= 0.3 is 0 Å². The zero-order chi connectivity index (χ0) is 15.0. The normalized spacial score (nSPS) is 10.8. The Morgan fingerprint density at radius 1 is 1.38 bits per heavy atom. The number of nitrogens with zero attached hydrogens (tertiary/aromatic N) is 4. The van der Waals surface area contributed by atoms with Gasteiger partial charge in [0.15, 0.2) is 5.65 Å². The second-order valence-corrected chi connectivity index (χ2v) is 5.42. The lowest BCUT2D eigenvalue weighted by atomic mass is 10.2. The number of nitrogens with one attached hydrogen (secondary N) is 1. The van der Waals surface area contributed by atoms with Gasteiger partial charge in [0, 0.05) is 12.4 Å². The van der Waals surface area contributed by atoms with E-state index in [0.29, 0.717) is 16.0 Å². The molecule has 0 fully saturated rings. The van der Waals surface area contributed by atoms with Crippen molar-refractivity contribution in [2.24, 2.45) is 7.05 Å². The van der Waals surface area contributed by atoms with Gasteiger partial charge in [0.2, 0.25) is 0 Å². The van der Waals surface area contributed by atoms with E-state index < -0.39 is 0 Å². The minimum Gasteiger partial charge on any atom is -0.319 e. The van der Waals surface area contributed by atoms with Crippen LogP contribution in [0.4, 0.5) is 5.69 Å². The maximum atomic E-state index is 12.1. The van der Waals surface area contributed by atoms with E-state index in [9.17, 15) is 4.79 Å². The third-order valence-corrected chi connectivity index (χ3v) is 3.51. The molecule has 0 saturated carbocycles. The number of aryl methyl sites for hydroxylation is 2. The molecule has 21 heavy (non-hydrogen) atoms. The van der Waals surface area contributed by atoms with Crippen molar-refractivity contribution in [3.05, 3.63) is 46.5 Å². The number of halogens is 1. The Hall–Kier alpha value is -2.28. The fraction of sp³-hybridized carbons (Fsp3) is 0.143. The Kier molecular flexibility index (Phi) is 3.42. The zero-order valence-electron chi connectivity index (χ0n) is 11.5. The van der Waals surface area contributed by atoms with Crippen LogP contribution in [0.5, 0.6) is 0 Å². The summed E-state index contributed by atoms with van der Waals surface area (Å²) in [5, 5.41) is 8.01. The molecule has 3 heterocycles. The number of amides is 1. The van der Waals surface area contributed by atoms with E-state index in [-0.39, 0.29) is 5.91 Å². The fourth-order valence-corrected chi connectivity index (χ4v) is 2.45. The first-order chi connectivity index (χ1) is 10.0. The first kappa shape index (κ1) is 13.7. The first-order valence-corrected chi connectivity index (χ1v) is 7.07. The summed E-state index contributed by atoms with van der Waals surface area (Å²) >= 11 is 3.25. The van der Waals surface area contributed by atoms with Crippen molar-refractivity contribution < 1.29 is 4.79 Å². The molecule has 0 saturated heterocycles. The third kappa shape index (κ3) is 2.64. The topological polar surface area (TPSA) is 72.7 Å². The van der Waals surface area contributed by atoms with Gasteiger partial charge in [0.05, 0.1) is 17.6 Å². The summed E-state index contributed by atoms with van der Waals surface area (Å²) in [6.45, 7) is 1.91. The van der Waals surface area contributed by atoms with Crippen molar-refractivity contribution in [3.8, 4) is 0 Å². The SMILES string of the molecule is Cc1nn(C)c2ncc(NC(=O)c3cccc(Br)n3)cc12. The number of carbonyl (C=O) groups is 1. The van der Waals surface area contributed by atoms with Crippen molar-refractivity contribution >= 4 is 38.6 Å². The average Bonchev–Trinajstić information content (AvgIpc) is 2.74. The van der Waals surface area contributed by atoms with Crippen molar-refractivity contribution in [2.75, 3.05) is 5.32 Å². The van der Waals surface area contributed by atoms with Gasteiger partial charge in [0.1, 0.15) is 10.3 Å². The van der Waals surface area contributed by atoms with E-state index in [2.05, 4.69) is 36.3 Å². The maximum absolute atomic E-state index is 12.1. The fourth-order valence-electron chi connectivity index (χ4n) is 2.11. The number of fused-ring (bicyclic) bond motifs is 1. The third-order valence-electron chi connectivity index (χ3n) is 3.07. The predicted molar refractivity (Wildman–Crippen MR) is 83.1 cm³/mol. The highest BCUT2D eigenvalue weighted by Crippen LogP contribution is 2.19. The van der Waals surface area contributed by atoms with Crippen LogP contribution in [0, 0.1) is 6.92 Å². The van der Waals surface area contributed by atoms with Crippen molar-refractivity contribution in [1.82, 2.24) is 19.7 Å². The van der Waals surface area contributed by atoms with Gasteiger partial charge in [-0.2, -0.15) is 5.10 Å². The van der Waals surface area contributed by atoms with E-state index in [1.807, 2.05) is 20.0 Å². The monoisotopic (exact) mass is 345 g/mol. The molecule has 1 amide bonds. The molecule has 3 aromatic rings. The van der Waals surface area contributed by atoms with Crippen molar-refractivity contribution in [3.63, 3.8) is 0 Å². The highest BCUT2D eigenvalue weighted by Gasteiger charge is 2.11. The molecule has 0 aliphatic heterocycles. The number of rotatable bonds is 2.